The molecule has 1 aromatic rings. The molecule has 3 aliphatic rings. The third-order valence-electron chi connectivity index (χ3n) is 6.79. The van der Waals surface area contributed by atoms with E-state index in [1.54, 1.807) is 0 Å². The van der Waals surface area contributed by atoms with Crippen molar-refractivity contribution < 1.29 is 17.2 Å². The molecule has 2 aliphatic carbocycles. The molecule has 0 radical (unpaired) electrons. The SMILES string of the molecule is CC1(C)[C@@H]2CC[C@]13CS(=O)(=O)N(Cc1nccn1C(F)F)[C@@H]3C2. The van der Waals surface area contributed by atoms with Gasteiger partial charge in [-0.2, -0.15) is 13.1 Å². The number of imidazole rings is 1. The zero-order chi connectivity index (χ0) is 16.6. The van der Waals surface area contributed by atoms with Crippen LogP contribution in [0.1, 0.15) is 45.5 Å². The van der Waals surface area contributed by atoms with Crippen LogP contribution < -0.4 is 0 Å². The van der Waals surface area contributed by atoms with Gasteiger partial charge in [-0.3, -0.25) is 4.57 Å². The lowest BCUT2D eigenvalue weighted by Gasteiger charge is -2.37. The first-order valence-electron chi connectivity index (χ1n) is 7.98. The molecule has 1 aromatic heterocycles. The van der Waals surface area contributed by atoms with Gasteiger partial charge in [0.15, 0.2) is 0 Å². The fraction of sp³-hybridized carbons (Fsp3) is 0.800. The van der Waals surface area contributed by atoms with Crippen molar-refractivity contribution in [1.82, 2.24) is 13.9 Å². The van der Waals surface area contributed by atoms with Gasteiger partial charge < -0.3 is 0 Å². The summed E-state index contributed by atoms with van der Waals surface area (Å²) >= 11 is 0. The quantitative estimate of drug-likeness (QED) is 0.846. The highest BCUT2D eigenvalue weighted by Crippen LogP contribution is 2.70. The van der Waals surface area contributed by atoms with E-state index in [4.69, 9.17) is 0 Å². The Kier molecular flexibility index (Phi) is 3.06. The Balaban J connectivity index is 1.71. The minimum Gasteiger partial charge on any atom is -0.277 e. The van der Waals surface area contributed by atoms with Gasteiger partial charge in [-0.15, -0.1) is 0 Å². The second kappa shape index (κ2) is 4.53. The molecule has 2 heterocycles. The van der Waals surface area contributed by atoms with Gasteiger partial charge >= 0.3 is 6.55 Å². The maximum atomic E-state index is 13.0. The van der Waals surface area contributed by atoms with Crippen LogP contribution in [0, 0.1) is 16.7 Å². The van der Waals surface area contributed by atoms with Crippen LogP contribution in [0.2, 0.25) is 0 Å². The van der Waals surface area contributed by atoms with E-state index < -0.39 is 16.6 Å². The third-order valence-corrected chi connectivity index (χ3v) is 8.77. The van der Waals surface area contributed by atoms with Crippen molar-refractivity contribution in [2.75, 3.05) is 5.75 Å². The molecule has 8 heteroatoms. The number of fused-ring (bicyclic) bond motifs is 1. The van der Waals surface area contributed by atoms with Gasteiger partial charge in [0.25, 0.3) is 0 Å². The maximum Gasteiger partial charge on any atom is 0.319 e. The molecule has 0 amide bonds. The van der Waals surface area contributed by atoms with E-state index in [0.717, 1.165) is 23.8 Å². The molecule has 0 unspecified atom stereocenters. The Morgan fingerprint density at radius 2 is 2.17 bits per heavy atom. The largest absolute Gasteiger partial charge is 0.319 e. The summed E-state index contributed by atoms with van der Waals surface area (Å²) < 4.78 is 53.8. The van der Waals surface area contributed by atoms with E-state index in [-0.39, 0.29) is 35.0 Å². The zero-order valence-corrected chi connectivity index (χ0v) is 14.1. The van der Waals surface area contributed by atoms with E-state index >= 15 is 0 Å². The van der Waals surface area contributed by atoms with Gasteiger partial charge in [0, 0.05) is 23.9 Å². The molecule has 1 saturated heterocycles. The van der Waals surface area contributed by atoms with Gasteiger partial charge in [0.05, 0.1) is 12.3 Å². The maximum absolute atomic E-state index is 13.0. The number of halogens is 2. The topological polar surface area (TPSA) is 55.2 Å². The molecule has 3 fully saturated rings. The van der Waals surface area contributed by atoms with Crippen LogP contribution in [0.15, 0.2) is 12.4 Å². The molecule has 128 valence electrons. The summed E-state index contributed by atoms with van der Waals surface area (Å²) in [4.78, 5) is 3.95. The fourth-order valence-electron chi connectivity index (χ4n) is 5.37. The van der Waals surface area contributed by atoms with Crippen molar-refractivity contribution in [3.8, 4) is 0 Å². The first-order valence-corrected chi connectivity index (χ1v) is 9.59. The fourth-order valence-corrected chi connectivity index (χ4v) is 7.88. The number of hydrogen-bond donors (Lipinski definition) is 0. The zero-order valence-electron chi connectivity index (χ0n) is 13.2. The molecule has 1 spiro atoms. The number of rotatable bonds is 3. The standard InChI is InChI=1S/C15H21F2N3O2S/c1-14(2)10-3-4-15(14)9-23(21,22)20(11(15)7-10)8-12-18-5-6-19(12)13(16)17/h5-6,10-11,13H,3-4,7-9H2,1-2H3/t10-,11-,15-/m1/s1. The van der Waals surface area contributed by atoms with E-state index in [0.29, 0.717) is 5.92 Å². The third kappa shape index (κ3) is 1.85. The smallest absolute Gasteiger partial charge is 0.277 e. The average molecular weight is 345 g/mol. The van der Waals surface area contributed by atoms with Gasteiger partial charge in [-0.25, -0.2) is 13.4 Å². The predicted octanol–water partition coefficient (Wildman–Crippen LogP) is 2.62. The Hall–Kier alpha value is -1.02. The Morgan fingerprint density at radius 3 is 2.83 bits per heavy atom. The molecule has 2 saturated carbocycles. The summed E-state index contributed by atoms with van der Waals surface area (Å²) in [5.41, 5.74) is -0.254. The van der Waals surface area contributed by atoms with Crippen molar-refractivity contribution >= 4 is 10.0 Å². The number of aromatic nitrogens is 2. The minimum absolute atomic E-state index is 0.0162. The van der Waals surface area contributed by atoms with Crippen molar-refractivity contribution in [3.05, 3.63) is 18.2 Å². The van der Waals surface area contributed by atoms with Crippen LogP contribution in [0.25, 0.3) is 0 Å². The second-order valence-corrected chi connectivity index (χ2v) is 9.62. The van der Waals surface area contributed by atoms with Crippen molar-refractivity contribution in [3.63, 3.8) is 0 Å². The van der Waals surface area contributed by atoms with Gasteiger partial charge in [-0.1, -0.05) is 13.8 Å². The average Bonchev–Trinajstić information content (AvgIpc) is 3.11. The predicted molar refractivity (Wildman–Crippen MR) is 80.2 cm³/mol. The molecule has 1 aliphatic heterocycles. The first kappa shape index (κ1) is 15.5. The van der Waals surface area contributed by atoms with Gasteiger partial charge in [-0.05, 0) is 30.6 Å². The van der Waals surface area contributed by atoms with Crippen molar-refractivity contribution in [2.45, 2.75) is 52.2 Å². The normalized spacial score (nSPS) is 37.6. The summed E-state index contributed by atoms with van der Waals surface area (Å²) in [6, 6.07) is -0.0796. The number of hydrogen-bond acceptors (Lipinski definition) is 3. The summed E-state index contributed by atoms with van der Waals surface area (Å²) in [7, 11) is -3.44. The van der Waals surface area contributed by atoms with E-state index in [1.807, 2.05) is 0 Å². The van der Waals surface area contributed by atoms with Crippen LogP contribution in [-0.2, 0) is 16.6 Å². The number of sulfonamides is 1. The molecular formula is C15H21F2N3O2S. The summed E-state index contributed by atoms with van der Waals surface area (Å²) in [6.07, 6.45) is 5.31. The molecule has 23 heavy (non-hydrogen) atoms. The Morgan fingerprint density at radius 1 is 1.43 bits per heavy atom. The molecule has 2 bridgehead atoms. The van der Waals surface area contributed by atoms with Crippen molar-refractivity contribution in [2.24, 2.45) is 16.7 Å². The lowest BCUT2D eigenvalue weighted by molar-refractivity contribution is 0.0627. The lowest BCUT2D eigenvalue weighted by atomic mass is 9.69. The lowest BCUT2D eigenvalue weighted by Crippen LogP contribution is -2.41. The Labute approximate surface area is 134 Å². The molecule has 3 atom stereocenters. The van der Waals surface area contributed by atoms with Gasteiger partial charge in [0.1, 0.15) is 5.82 Å². The van der Waals surface area contributed by atoms with Crippen LogP contribution in [0.3, 0.4) is 0 Å². The van der Waals surface area contributed by atoms with E-state index in [2.05, 4.69) is 18.8 Å². The van der Waals surface area contributed by atoms with E-state index in [9.17, 15) is 17.2 Å². The summed E-state index contributed by atoms with van der Waals surface area (Å²) in [6.45, 7) is 1.57. The minimum atomic E-state index is -3.44. The second-order valence-electron chi connectivity index (χ2n) is 7.69. The molecule has 5 nitrogen and oxygen atoms in total. The number of alkyl halides is 2. The van der Waals surface area contributed by atoms with Crippen LogP contribution >= 0.6 is 0 Å². The van der Waals surface area contributed by atoms with E-state index in [1.165, 1.54) is 16.7 Å². The first-order chi connectivity index (χ1) is 10.7. The summed E-state index contributed by atoms with van der Waals surface area (Å²) in [5, 5.41) is 0. The summed E-state index contributed by atoms with van der Waals surface area (Å²) in [5.74, 6) is 0.769. The monoisotopic (exact) mass is 345 g/mol. The molecular weight excluding hydrogens is 324 g/mol. The van der Waals surface area contributed by atoms with Crippen LogP contribution in [0.4, 0.5) is 8.78 Å². The highest BCUT2D eigenvalue weighted by Gasteiger charge is 2.71. The molecule has 0 aromatic carbocycles. The highest BCUT2D eigenvalue weighted by atomic mass is 32.2. The highest BCUT2D eigenvalue weighted by molar-refractivity contribution is 7.89. The van der Waals surface area contributed by atoms with Gasteiger partial charge in [0.2, 0.25) is 10.0 Å². The number of nitrogens with zero attached hydrogens (tertiary/aromatic N) is 3. The molecule has 0 N–H and O–H groups in total. The Bertz CT molecular complexity index is 746. The van der Waals surface area contributed by atoms with Crippen LogP contribution in [0.5, 0.6) is 0 Å². The van der Waals surface area contributed by atoms with Crippen molar-refractivity contribution in [1.29, 1.82) is 0 Å². The molecule has 4 rings (SSSR count). The van der Waals surface area contributed by atoms with Crippen LogP contribution in [-0.4, -0.2) is 34.1 Å².